The first-order chi connectivity index (χ1) is 14.0. The summed E-state index contributed by atoms with van der Waals surface area (Å²) in [4.78, 5) is 11.8. The van der Waals surface area contributed by atoms with Crippen molar-refractivity contribution in [1.82, 2.24) is 0 Å². The predicted octanol–water partition coefficient (Wildman–Crippen LogP) is 3.89. The van der Waals surface area contributed by atoms with Gasteiger partial charge in [0, 0.05) is 13.2 Å². The summed E-state index contributed by atoms with van der Waals surface area (Å²) in [6.45, 7) is 5.45. The molecule has 0 saturated carbocycles. The zero-order valence-electron chi connectivity index (χ0n) is 17.5. The van der Waals surface area contributed by atoms with E-state index in [1.165, 1.54) is 6.07 Å². The molecule has 2 rings (SSSR count). The molecule has 0 atom stereocenters. The van der Waals surface area contributed by atoms with Gasteiger partial charge in [-0.05, 0) is 29.7 Å². The molecule has 0 aliphatic carbocycles. The van der Waals surface area contributed by atoms with Crippen molar-refractivity contribution >= 4 is 12.2 Å². The van der Waals surface area contributed by atoms with Gasteiger partial charge in [0.15, 0.2) is 11.5 Å². The molecule has 2 aromatic rings. The van der Waals surface area contributed by atoms with E-state index in [4.69, 9.17) is 28.1 Å². The Kier molecular flexibility index (Phi) is 8.61. The van der Waals surface area contributed by atoms with Gasteiger partial charge in [-0.1, -0.05) is 19.9 Å². The smallest absolute Gasteiger partial charge is 0.339 e. The SMILES string of the molecule is COCCOc1cc(/C=C/c2cc(OC)c(OCC(C)C)c(OC)c2)oc(=O)c1. The van der Waals surface area contributed by atoms with E-state index in [9.17, 15) is 4.79 Å². The average molecular weight is 404 g/mol. The molecular formula is C22H28O7. The Balaban J connectivity index is 2.26. The Hall–Kier alpha value is -2.93. The molecule has 1 aromatic heterocycles. The molecule has 0 aliphatic rings. The summed E-state index contributed by atoms with van der Waals surface area (Å²) < 4.78 is 32.4. The van der Waals surface area contributed by atoms with Crippen LogP contribution in [0.4, 0.5) is 0 Å². The molecule has 0 aliphatic heterocycles. The van der Waals surface area contributed by atoms with E-state index in [1.54, 1.807) is 39.5 Å². The van der Waals surface area contributed by atoms with Gasteiger partial charge in [-0.2, -0.15) is 0 Å². The summed E-state index contributed by atoms with van der Waals surface area (Å²) in [5.74, 6) is 2.82. The summed E-state index contributed by atoms with van der Waals surface area (Å²) in [5.41, 5.74) is 0.302. The van der Waals surface area contributed by atoms with E-state index in [0.29, 0.717) is 54.5 Å². The highest BCUT2D eigenvalue weighted by Gasteiger charge is 2.14. The molecule has 0 radical (unpaired) electrons. The lowest BCUT2D eigenvalue weighted by Gasteiger charge is -2.16. The number of rotatable bonds is 11. The van der Waals surface area contributed by atoms with Crippen LogP contribution in [0.15, 0.2) is 33.5 Å². The first-order valence-electron chi connectivity index (χ1n) is 9.30. The first-order valence-corrected chi connectivity index (χ1v) is 9.30. The van der Waals surface area contributed by atoms with Crippen LogP contribution in [0.5, 0.6) is 23.0 Å². The van der Waals surface area contributed by atoms with Crippen molar-refractivity contribution in [2.45, 2.75) is 13.8 Å². The molecule has 0 N–H and O–H groups in total. The first kappa shape index (κ1) is 22.4. The maximum Gasteiger partial charge on any atom is 0.339 e. The second-order valence-corrected chi connectivity index (χ2v) is 6.65. The second-order valence-electron chi connectivity index (χ2n) is 6.65. The van der Waals surface area contributed by atoms with Crippen LogP contribution >= 0.6 is 0 Å². The third-order valence-corrected chi connectivity index (χ3v) is 3.80. The van der Waals surface area contributed by atoms with Crippen LogP contribution < -0.4 is 24.6 Å². The lowest BCUT2D eigenvalue weighted by molar-refractivity contribution is 0.146. The van der Waals surface area contributed by atoms with Gasteiger partial charge in [0.25, 0.3) is 0 Å². The van der Waals surface area contributed by atoms with Crippen molar-refractivity contribution in [1.29, 1.82) is 0 Å². The number of ether oxygens (including phenoxy) is 5. The van der Waals surface area contributed by atoms with Crippen LogP contribution in [0.2, 0.25) is 0 Å². The number of hydrogen-bond acceptors (Lipinski definition) is 7. The lowest BCUT2D eigenvalue weighted by Crippen LogP contribution is -2.07. The van der Waals surface area contributed by atoms with E-state index in [0.717, 1.165) is 5.56 Å². The summed E-state index contributed by atoms with van der Waals surface area (Å²) in [6, 6.07) is 6.58. The lowest BCUT2D eigenvalue weighted by atomic mass is 10.1. The van der Waals surface area contributed by atoms with Crippen molar-refractivity contribution in [2.24, 2.45) is 5.92 Å². The molecule has 7 heteroatoms. The molecule has 0 unspecified atom stereocenters. The van der Waals surface area contributed by atoms with Gasteiger partial charge < -0.3 is 28.1 Å². The Labute approximate surface area is 170 Å². The van der Waals surface area contributed by atoms with Gasteiger partial charge in [0.1, 0.15) is 18.1 Å². The topological polar surface area (TPSA) is 76.4 Å². The summed E-state index contributed by atoms with van der Waals surface area (Å²) >= 11 is 0. The van der Waals surface area contributed by atoms with Crippen molar-refractivity contribution in [3.05, 3.63) is 46.0 Å². The number of hydrogen-bond donors (Lipinski definition) is 0. The minimum atomic E-state index is -0.493. The fraction of sp³-hybridized carbons (Fsp3) is 0.409. The molecule has 7 nitrogen and oxygen atoms in total. The van der Waals surface area contributed by atoms with Gasteiger partial charge in [0.2, 0.25) is 5.75 Å². The maximum absolute atomic E-state index is 11.8. The van der Waals surface area contributed by atoms with Crippen molar-refractivity contribution in [2.75, 3.05) is 41.2 Å². The Morgan fingerprint density at radius 3 is 2.21 bits per heavy atom. The Morgan fingerprint density at radius 1 is 0.931 bits per heavy atom. The number of benzene rings is 1. The van der Waals surface area contributed by atoms with Gasteiger partial charge in [-0.15, -0.1) is 0 Å². The third kappa shape index (κ3) is 6.87. The maximum atomic E-state index is 11.8. The average Bonchev–Trinajstić information content (AvgIpc) is 2.70. The van der Waals surface area contributed by atoms with E-state index in [1.807, 2.05) is 12.1 Å². The molecular weight excluding hydrogens is 376 g/mol. The van der Waals surface area contributed by atoms with Crippen molar-refractivity contribution in [3.63, 3.8) is 0 Å². The molecule has 1 aromatic carbocycles. The van der Waals surface area contributed by atoms with Crippen LogP contribution in [0.25, 0.3) is 12.2 Å². The predicted molar refractivity (Wildman–Crippen MR) is 111 cm³/mol. The van der Waals surface area contributed by atoms with E-state index in [2.05, 4.69) is 13.8 Å². The van der Waals surface area contributed by atoms with Gasteiger partial charge >= 0.3 is 5.63 Å². The summed E-state index contributed by atoms with van der Waals surface area (Å²) in [6.07, 6.45) is 3.46. The fourth-order valence-electron chi connectivity index (χ4n) is 2.45. The van der Waals surface area contributed by atoms with E-state index >= 15 is 0 Å². The molecule has 0 spiro atoms. The highest BCUT2D eigenvalue weighted by molar-refractivity contribution is 5.71. The van der Waals surface area contributed by atoms with Crippen LogP contribution in [-0.2, 0) is 4.74 Å². The highest BCUT2D eigenvalue weighted by atomic mass is 16.5. The normalized spacial score (nSPS) is 11.1. The van der Waals surface area contributed by atoms with Gasteiger partial charge in [-0.25, -0.2) is 4.79 Å². The molecule has 0 amide bonds. The van der Waals surface area contributed by atoms with Crippen LogP contribution in [-0.4, -0.2) is 41.2 Å². The highest BCUT2D eigenvalue weighted by Crippen LogP contribution is 2.39. The molecule has 158 valence electrons. The summed E-state index contributed by atoms with van der Waals surface area (Å²) in [7, 11) is 4.73. The van der Waals surface area contributed by atoms with Crippen LogP contribution in [0.1, 0.15) is 25.2 Å². The van der Waals surface area contributed by atoms with Crippen LogP contribution in [0.3, 0.4) is 0 Å². The van der Waals surface area contributed by atoms with Crippen molar-refractivity contribution < 1.29 is 28.1 Å². The minimum absolute atomic E-state index is 0.343. The monoisotopic (exact) mass is 404 g/mol. The quantitative estimate of drug-likeness (QED) is 0.526. The van der Waals surface area contributed by atoms with Crippen LogP contribution in [0, 0.1) is 5.92 Å². The molecule has 0 bridgehead atoms. The summed E-state index contributed by atoms with van der Waals surface area (Å²) in [5, 5.41) is 0. The van der Waals surface area contributed by atoms with Gasteiger partial charge in [-0.3, -0.25) is 0 Å². The third-order valence-electron chi connectivity index (χ3n) is 3.80. The molecule has 29 heavy (non-hydrogen) atoms. The Bertz CT molecular complexity index is 843. The largest absolute Gasteiger partial charge is 0.493 e. The molecule has 0 saturated heterocycles. The minimum Gasteiger partial charge on any atom is -0.493 e. The Morgan fingerprint density at radius 2 is 1.62 bits per heavy atom. The van der Waals surface area contributed by atoms with Crippen molar-refractivity contribution in [3.8, 4) is 23.0 Å². The zero-order chi connectivity index (χ0) is 21.2. The van der Waals surface area contributed by atoms with E-state index in [-0.39, 0.29) is 0 Å². The standard InChI is InChI=1S/C22H28O7/c1-15(2)14-28-22-19(25-4)10-16(11-20(22)26-5)6-7-17-12-18(13-21(23)29-17)27-9-8-24-3/h6-7,10-13,15H,8-9,14H2,1-5H3/b7-6+. The fourth-order valence-corrected chi connectivity index (χ4v) is 2.45. The van der Waals surface area contributed by atoms with Gasteiger partial charge in [0.05, 0.1) is 33.5 Å². The molecule has 0 fully saturated rings. The molecule has 1 heterocycles. The van der Waals surface area contributed by atoms with E-state index < -0.39 is 5.63 Å². The second kappa shape index (κ2) is 11.2. The number of methoxy groups -OCH3 is 3. The zero-order valence-corrected chi connectivity index (χ0v) is 17.5.